The van der Waals surface area contributed by atoms with Gasteiger partial charge in [-0.25, -0.2) is 0 Å². The van der Waals surface area contributed by atoms with Gasteiger partial charge in [0, 0.05) is 5.56 Å². The van der Waals surface area contributed by atoms with Gasteiger partial charge in [-0.1, -0.05) is 6.07 Å². The smallest absolute Gasteiger partial charge is 0.121 e. The molecule has 0 aliphatic rings. The minimum atomic E-state index is -0.573. The lowest BCUT2D eigenvalue weighted by molar-refractivity contribution is 0.198. The Kier molecular flexibility index (Phi) is 2.68. The summed E-state index contributed by atoms with van der Waals surface area (Å²) in [4.78, 5) is 0. The van der Waals surface area contributed by atoms with Gasteiger partial charge in [0.2, 0.25) is 0 Å². The highest BCUT2D eigenvalue weighted by atomic mass is 16.3. The average molecular weight is 168 g/mol. The number of hydrogen-bond acceptors (Lipinski definition) is 3. The first-order chi connectivity index (χ1) is 5.65. The van der Waals surface area contributed by atoms with Crippen LogP contribution in [0, 0.1) is 0 Å². The molecule has 3 nitrogen and oxygen atoms in total. The summed E-state index contributed by atoms with van der Waals surface area (Å²) in [5.41, 5.74) is 1.13. The number of rotatable bonds is 2. The lowest BCUT2D eigenvalue weighted by Crippen LogP contribution is -1.93. The van der Waals surface area contributed by atoms with Crippen LogP contribution in [-0.4, -0.2) is 15.3 Å². The number of aliphatic hydroxyl groups excluding tert-OH is 2. The van der Waals surface area contributed by atoms with E-state index in [0.29, 0.717) is 11.1 Å². The zero-order chi connectivity index (χ0) is 9.14. The second kappa shape index (κ2) is 3.56. The van der Waals surface area contributed by atoms with Crippen LogP contribution >= 0.6 is 0 Å². The first-order valence-electron chi connectivity index (χ1n) is 3.76. The predicted octanol–water partition coefficient (Wildman–Crippen LogP) is 0.938. The maximum absolute atomic E-state index is 9.18. The third-order valence-electron chi connectivity index (χ3n) is 1.76. The van der Waals surface area contributed by atoms with Crippen molar-refractivity contribution in [1.29, 1.82) is 0 Å². The zero-order valence-corrected chi connectivity index (χ0v) is 6.86. The Morgan fingerprint density at radius 1 is 1.42 bits per heavy atom. The van der Waals surface area contributed by atoms with Crippen LogP contribution in [0.4, 0.5) is 0 Å². The highest BCUT2D eigenvalue weighted by molar-refractivity contribution is 5.36. The Labute approximate surface area is 70.9 Å². The van der Waals surface area contributed by atoms with Crippen molar-refractivity contribution in [2.45, 2.75) is 19.6 Å². The van der Waals surface area contributed by atoms with Crippen molar-refractivity contribution in [2.24, 2.45) is 0 Å². The Balaban J connectivity index is 3.05. The van der Waals surface area contributed by atoms with Gasteiger partial charge >= 0.3 is 0 Å². The first kappa shape index (κ1) is 9.03. The van der Waals surface area contributed by atoms with E-state index in [1.165, 1.54) is 6.07 Å². The summed E-state index contributed by atoms with van der Waals surface area (Å²) < 4.78 is 0. The normalized spacial score (nSPS) is 12.9. The molecule has 0 spiro atoms. The fraction of sp³-hybridized carbons (Fsp3) is 0.333. The number of aromatic hydroxyl groups is 1. The van der Waals surface area contributed by atoms with Crippen molar-refractivity contribution in [1.82, 2.24) is 0 Å². The maximum Gasteiger partial charge on any atom is 0.121 e. The maximum atomic E-state index is 9.18. The molecule has 0 unspecified atom stereocenters. The largest absolute Gasteiger partial charge is 0.508 e. The van der Waals surface area contributed by atoms with Crippen LogP contribution in [0.15, 0.2) is 18.2 Å². The van der Waals surface area contributed by atoms with Gasteiger partial charge in [0.25, 0.3) is 0 Å². The summed E-state index contributed by atoms with van der Waals surface area (Å²) in [5, 5.41) is 27.1. The monoisotopic (exact) mass is 168 g/mol. The molecule has 0 heterocycles. The third kappa shape index (κ3) is 1.75. The van der Waals surface area contributed by atoms with Crippen molar-refractivity contribution < 1.29 is 15.3 Å². The molecule has 0 amide bonds. The fourth-order valence-corrected chi connectivity index (χ4v) is 0.992. The topological polar surface area (TPSA) is 60.7 Å². The van der Waals surface area contributed by atoms with Crippen molar-refractivity contribution in [3.05, 3.63) is 29.3 Å². The Bertz CT molecular complexity index is 268. The minimum absolute atomic E-state index is 0.0573. The molecule has 0 bridgehead atoms. The number of benzene rings is 1. The van der Waals surface area contributed by atoms with Crippen LogP contribution in [0.25, 0.3) is 0 Å². The molecule has 0 aromatic heterocycles. The summed E-state index contributed by atoms with van der Waals surface area (Å²) in [6.07, 6.45) is -0.573. The number of aliphatic hydroxyl groups is 2. The second-order valence-electron chi connectivity index (χ2n) is 2.72. The van der Waals surface area contributed by atoms with Gasteiger partial charge in [-0.15, -0.1) is 0 Å². The number of phenols is 1. The van der Waals surface area contributed by atoms with Crippen LogP contribution in [0.5, 0.6) is 5.75 Å². The molecule has 0 fully saturated rings. The minimum Gasteiger partial charge on any atom is -0.508 e. The van der Waals surface area contributed by atoms with E-state index in [2.05, 4.69) is 0 Å². The molecule has 1 aromatic rings. The lowest BCUT2D eigenvalue weighted by atomic mass is 10.1. The van der Waals surface area contributed by atoms with E-state index < -0.39 is 6.10 Å². The van der Waals surface area contributed by atoms with Crippen molar-refractivity contribution in [3.8, 4) is 5.75 Å². The third-order valence-corrected chi connectivity index (χ3v) is 1.76. The molecule has 0 radical (unpaired) electrons. The highest BCUT2D eigenvalue weighted by Crippen LogP contribution is 2.21. The van der Waals surface area contributed by atoms with Crippen LogP contribution in [0.2, 0.25) is 0 Å². The summed E-state index contributed by atoms with van der Waals surface area (Å²) in [6, 6.07) is 4.67. The van der Waals surface area contributed by atoms with E-state index in [4.69, 9.17) is 5.11 Å². The van der Waals surface area contributed by atoms with Gasteiger partial charge in [0.15, 0.2) is 0 Å². The van der Waals surface area contributed by atoms with E-state index in [-0.39, 0.29) is 12.4 Å². The molecule has 1 atom stereocenters. The number of hydrogen-bond donors (Lipinski definition) is 3. The molecule has 3 N–H and O–H groups in total. The van der Waals surface area contributed by atoms with Crippen molar-refractivity contribution >= 4 is 0 Å². The summed E-state index contributed by atoms with van der Waals surface area (Å²) in [6.45, 7) is 1.42. The predicted molar refractivity (Wildman–Crippen MR) is 44.7 cm³/mol. The van der Waals surface area contributed by atoms with Gasteiger partial charge < -0.3 is 15.3 Å². The molecule has 0 saturated heterocycles. The molecule has 0 aliphatic carbocycles. The zero-order valence-electron chi connectivity index (χ0n) is 6.86. The van der Waals surface area contributed by atoms with E-state index >= 15 is 0 Å². The van der Waals surface area contributed by atoms with E-state index in [9.17, 15) is 10.2 Å². The Morgan fingerprint density at radius 3 is 2.58 bits per heavy atom. The first-order valence-corrected chi connectivity index (χ1v) is 3.76. The van der Waals surface area contributed by atoms with Crippen molar-refractivity contribution in [2.75, 3.05) is 0 Å². The molecule has 1 aromatic carbocycles. The quantitative estimate of drug-likeness (QED) is 0.615. The second-order valence-corrected chi connectivity index (χ2v) is 2.72. The van der Waals surface area contributed by atoms with Gasteiger partial charge in [-0.2, -0.15) is 0 Å². The molecule has 0 aliphatic heterocycles. The van der Waals surface area contributed by atoms with Gasteiger partial charge in [-0.05, 0) is 24.6 Å². The summed E-state index contributed by atoms with van der Waals surface area (Å²) >= 11 is 0. The highest BCUT2D eigenvalue weighted by Gasteiger charge is 2.04. The van der Waals surface area contributed by atoms with E-state index in [1.807, 2.05) is 0 Å². The van der Waals surface area contributed by atoms with Crippen LogP contribution in [0.3, 0.4) is 0 Å². The molecule has 0 saturated carbocycles. The SMILES string of the molecule is C[C@H](O)c1ccc(O)c(CO)c1. The van der Waals surface area contributed by atoms with Crippen LogP contribution in [-0.2, 0) is 6.61 Å². The summed E-state index contributed by atoms with van der Waals surface area (Å²) in [7, 11) is 0. The van der Waals surface area contributed by atoms with Crippen LogP contribution < -0.4 is 0 Å². The average Bonchev–Trinajstić information content (AvgIpc) is 2.05. The van der Waals surface area contributed by atoms with E-state index in [0.717, 1.165) is 0 Å². The fourth-order valence-electron chi connectivity index (χ4n) is 0.992. The van der Waals surface area contributed by atoms with Gasteiger partial charge in [0.1, 0.15) is 5.75 Å². The Hall–Kier alpha value is -1.06. The molecule has 3 heteroatoms. The van der Waals surface area contributed by atoms with Gasteiger partial charge in [0.05, 0.1) is 12.7 Å². The molecule has 12 heavy (non-hydrogen) atoms. The van der Waals surface area contributed by atoms with Gasteiger partial charge in [-0.3, -0.25) is 0 Å². The molecule has 66 valence electrons. The summed E-state index contributed by atoms with van der Waals surface area (Å²) in [5.74, 6) is 0.0573. The van der Waals surface area contributed by atoms with Crippen LogP contribution in [0.1, 0.15) is 24.2 Å². The van der Waals surface area contributed by atoms with Crippen molar-refractivity contribution in [3.63, 3.8) is 0 Å². The molecular formula is C9H12O3. The Morgan fingerprint density at radius 2 is 2.08 bits per heavy atom. The van der Waals surface area contributed by atoms with E-state index in [1.54, 1.807) is 19.1 Å². The molecule has 1 rings (SSSR count). The molecular weight excluding hydrogens is 156 g/mol. The standard InChI is InChI=1S/C9H12O3/c1-6(11)7-2-3-9(12)8(4-7)5-10/h2-4,6,10-12H,5H2,1H3/t6-/m0/s1. The lowest BCUT2D eigenvalue weighted by Gasteiger charge is -2.07.